The molecule has 0 bridgehead atoms. The van der Waals surface area contributed by atoms with E-state index in [4.69, 9.17) is 16.7 Å². The van der Waals surface area contributed by atoms with Crippen molar-refractivity contribution in [1.29, 1.82) is 0 Å². The van der Waals surface area contributed by atoms with Crippen molar-refractivity contribution in [3.8, 4) is 0 Å². The van der Waals surface area contributed by atoms with Crippen LogP contribution < -0.4 is 5.32 Å². The first kappa shape index (κ1) is 14.2. The number of thioether (sulfide) groups is 1. The van der Waals surface area contributed by atoms with Crippen LogP contribution in [-0.2, 0) is 4.79 Å². The molecule has 0 aliphatic heterocycles. The van der Waals surface area contributed by atoms with E-state index >= 15 is 0 Å². The SMILES string of the molecule is CC(Sc1ccc(Cl)c(C(=O)O)c1)C(=O)NC1CC1. The molecule has 1 saturated carbocycles. The van der Waals surface area contributed by atoms with Crippen LogP contribution in [0.15, 0.2) is 23.1 Å². The summed E-state index contributed by atoms with van der Waals surface area (Å²) >= 11 is 7.13. The summed E-state index contributed by atoms with van der Waals surface area (Å²) < 4.78 is 0. The standard InChI is InChI=1S/C13H14ClNO3S/c1-7(12(16)15-8-2-3-8)19-9-4-5-11(14)10(6-9)13(17)18/h4-8H,2-3H2,1H3,(H,15,16)(H,17,18). The molecule has 0 heterocycles. The molecule has 1 atom stereocenters. The molecule has 0 aromatic heterocycles. The first-order chi connectivity index (χ1) is 8.97. The van der Waals surface area contributed by atoms with Gasteiger partial charge in [0.05, 0.1) is 15.8 Å². The highest BCUT2D eigenvalue weighted by molar-refractivity contribution is 8.00. The van der Waals surface area contributed by atoms with Crippen molar-refractivity contribution in [3.05, 3.63) is 28.8 Å². The number of hydrogen-bond acceptors (Lipinski definition) is 3. The maximum Gasteiger partial charge on any atom is 0.337 e. The molecule has 1 aliphatic rings. The Balaban J connectivity index is 2.03. The van der Waals surface area contributed by atoms with Gasteiger partial charge < -0.3 is 10.4 Å². The van der Waals surface area contributed by atoms with Crippen molar-refractivity contribution in [3.63, 3.8) is 0 Å². The first-order valence-corrected chi connectivity index (χ1v) is 7.23. The van der Waals surface area contributed by atoms with Gasteiger partial charge in [0.2, 0.25) is 5.91 Å². The van der Waals surface area contributed by atoms with Gasteiger partial charge in [-0.05, 0) is 38.0 Å². The smallest absolute Gasteiger partial charge is 0.337 e. The summed E-state index contributed by atoms with van der Waals surface area (Å²) in [5, 5.41) is 11.8. The van der Waals surface area contributed by atoms with Gasteiger partial charge in [0.25, 0.3) is 0 Å². The lowest BCUT2D eigenvalue weighted by molar-refractivity contribution is -0.120. The Morgan fingerprint density at radius 1 is 1.47 bits per heavy atom. The number of aromatic carboxylic acids is 1. The van der Waals surface area contributed by atoms with Gasteiger partial charge in [-0.15, -0.1) is 11.8 Å². The Bertz CT molecular complexity index is 517. The third-order valence-electron chi connectivity index (χ3n) is 2.77. The van der Waals surface area contributed by atoms with E-state index in [0.717, 1.165) is 17.7 Å². The van der Waals surface area contributed by atoms with E-state index in [1.807, 2.05) is 0 Å². The fraction of sp³-hybridized carbons (Fsp3) is 0.385. The summed E-state index contributed by atoms with van der Waals surface area (Å²) in [5.74, 6) is -1.08. The Hall–Kier alpha value is -1.20. The van der Waals surface area contributed by atoms with Crippen LogP contribution in [0.3, 0.4) is 0 Å². The molecular weight excluding hydrogens is 286 g/mol. The average molecular weight is 300 g/mol. The highest BCUT2D eigenvalue weighted by Gasteiger charge is 2.26. The van der Waals surface area contributed by atoms with E-state index in [-0.39, 0.29) is 21.7 Å². The topological polar surface area (TPSA) is 66.4 Å². The molecule has 1 amide bonds. The highest BCUT2D eigenvalue weighted by atomic mass is 35.5. The van der Waals surface area contributed by atoms with Gasteiger partial charge in [0, 0.05) is 10.9 Å². The summed E-state index contributed by atoms with van der Waals surface area (Å²) in [4.78, 5) is 23.5. The van der Waals surface area contributed by atoms with Crippen LogP contribution in [0.4, 0.5) is 0 Å². The summed E-state index contributed by atoms with van der Waals surface area (Å²) in [7, 11) is 0. The molecule has 1 aromatic carbocycles. The molecular formula is C13H14ClNO3S. The van der Waals surface area contributed by atoms with Crippen molar-refractivity contribution < 1.29 is 14.7 Å². The second-order valence-electron chi connectivity index (χ2n) is 4.49. The number of carbonyl (C=O) groups is 2. The molecule has 1 aliphatic carbocycles. The molecule has 0 radical (unpaired) electrons. The number of carbonyl (C=O) groups excluding carboxylic acids is 1. The van der Waals surface area contributed by atoms with E-state index in [9.17, 15) is 9.59 Å². The number of carboxylic acids is 1. The van der Waals surface area contributed by atoms with Crippen LogP contribution in [0.1, 0.15) is 30.1 Å². The first-order valence-electron chi connectivity index (χ1n) is 5.97. The number of carboxylic acid groups (broad SMARTS) is 1. The predicted molar refractivity (Wildman–Crippen MR) is 74.9 cm³/mol. The molecule has 102 valence electrons. The minimum absolute atomic E-state index is 0.0145. The normalized spacial score (nSPS) is 15.9. The fourth-order valence-corrected chi connectivity index (χ4v) is 2.66. The van der Waals surface area contributed by atoms with Gasteiger partial charge in [-0.1, -0.05) is 11.6 Å². The highest BCUT2D eigenvalue weighted by Crippen LogP contribution is 2.28. The molecule has 0 saturated heterocycles. The molecule has 4 nitrogen and oxygen atoms in total. The van der Waals surface area contributed by atoms with E-state index in [2.05, 4.69) is 5.32 Å². The second kappa shape index (κ2) is 5.84. The monoisotopic (exact) mass is 299 g/mol. The van der Waals surface area contributed by atoms with Crippen LogP contribution in [0.5, 0.6) is 0 Å². The zero-order chi connectivity index (χ0) is 14.0. The summed E-state index contributed by atoms with van der Waals surface area (Å²) in [5.41, 5.74) is 0.0569. The van der Waals surface area contributed by atoms with Crippen LogP contribution in [0.25, 0.3) is 0 Å². The molecule has 1 aromatic rings. The van der Waals surface area contributed by atoms with Crippen LogP contribution in [-0.4, -0.2) is 28.3 Å². The molecule has 19 heavy (non-hydrogen) atoms. The van der Waals surface area contributed by atoms with E-state index in [0.29, 0.717) is 6.04 Å². The summed E-state index contributed by atoms with van der Waals surface area (Å²) in [6.45, 7) is 1.80. The van der Waals surface area contributed by atoms with Crippen LogP contribution in [0, 0.1) is 0 Å². The molecule has 0 spiro atoms. The van der Waals surface area contributed by atoms with E-state index < -0.39 is 5.97 Å². The minimum Gasteiger partial charge on any atom is -0.478 e. The zero-order valence-corrected chi connectivity index (χ0v) is 11.9. The number of amides is 1. The Morgan fingerprint density at radius 3 is 2.74 bits per heavy atom. The zero-order valence-electron chi connectivity index (χ0n) is 10.4. The van der Waals surface area contributed by atoms with E-state index in [1.54, 1.807) is 19.1 Å². The Morgan fingerprint density at radius 2 is 2.16 bits per heavy atom. The molecule has 1 fully saturated rings. The minimum atomic E-state index is -1.07. The van der Waals surface area contributed by atoms with Crippen molar-refractivity contribution in [2.24, 2.45) is 0 Å². The molecule has 1 unspecified atom stereocenters. The third-order valence-corrected chi connectivity index (χ3v) is 4.20. The van der Waals surface area contributed by atoms with Gasteiger partial charge in [0.15, 0.2) is 0 Å². The largest absolute Gasteiger partial charge is 0.478 e. The quantitative estimate of drug-likeness (QED) is 0.821. The lowest BCUT2D eigenvalue weighted by Gasteiger charge is -2.12. The van der Waals surface area contributed by atoms with E-state index in [1.165, 1.54) is 17.8 Å². The fourth-order valence-electron chi connectivity index (χ4n) is 1.55. The number of rotatable bonds is 5. The van der Waals surface area contributed by atoms with Crippen LogP contribution in [0.2, 0.25) is 5.02 Å². The molecule has 2 rings (SSSR count). The Labute approximate surface area is 120 Å². The van der Waals surface area contributed by atoms with Gasteiger partial charge in [-0.25, -0.2) is 4.79 Å². The van der Waals surface area contributed by atoms with Crippen molar-refractivity contribution in [2.75, 3.05) is 0 Å². The average Bonchev–Trinajstić information content (AvgIpc) is 3.15. The van der Waals surface area contributed by atoms with Crippen LogP contribution >= 0.6 is 23.4 Å². The number of benzene rings is 1. The second-order valence-corrected chi connectivity index (χ2v) is 6.31. The number of halogens is 1. The Kier molecular flexibility index (Phi) is 4.37. The lowest BCUT2D eigenvalue weighted by Crippen LogP contribution is -2.32. The predicted octanol–water partition coefficient (Wildman–Crippen LogP) is 2.80. The lowest BCUT2D eigenvalue weighted by atomic mass is 10.2. The molecule has 6 heteroatoms. The van der Waals surface area contributed by atoms with Crippen molar-refractivity contribution in [2.45, 2.75) is 36.0 Å². The summed E-state index contributed by atoms with van der Waals surface area (Å²) in [6.07, 6.45) is 2.10. The maximum atomic E-state index is 11.8. The van der Waals surface area contributed by atoms with Gasteiger partial charge >= 0.3 is 5.97 Å². The number of hydrogen-bond donors (Lipinski definition) is 2. The summed E-state index contributed by atoms with van der Waals surface area (Å²) in [6, 6.07) is 5.09. The third kappa shape index (κ3) is 3.88. The maximum absolute atomic E-state index is 11.8. The van der Waals surface area contributed by atoms with Gasteiger partial charge in [-0.3, -0.25) is 4.79 Å². The van der Waals surface area contributed by atoms with Gasteiger partial charge in [-0.2, -0.15) is 0 Å². The number of nitrogens with one attached hydrogen (secondary N) is 1. The van der Waals surface area contributed by atoms with Crippen molar-refractivity contribution in [1.82, 2.24) is 5.32 Å². The van der Waals surface area contributed by atoms with Crippen molar-refractivity contribution >= 4 is 35.2 Å². The van der Waals surface area contributed by atoms with Gasteiger partial charge in [0.1, 0.15) is 0 Å². The molecule has 2 N–H and O–H groups in total.